The molecule has 0 saturated carbocycles. The minimum Gasteiger partial charge on any atom is -0.363 e. The van der Waals surface area contributed by atoms with E-state index in [1.165, 1.54) is 0 Å². The number of rotatable bonds is 1. The van der Waals surface area contributed by atoms with Crippen LogP contribution in [0.2, 0.25) is 0 Å². The van der Waals surface area contributed by atoms with Crippen LogP contribution in [0.4, 0.5) is 5.82 Å². The van der Waals surface area contributed by atoms with Gasteiger partial charge in [-0.25, -0.2) is 4.98 Å². The number of pyridine rings is 1. The quantitative estimate of drug-likeness (QED) is 0.562. The Morgan fingerprint density at radius 1 is 1.44 bits per heavy atom. The van der Waals surface area contributed by atoms with Crippen molar-refractivity contribution < 1.29 is 1.43 Å². The number of hydrogen-bond acceptors (Lipinski definition) is 2. The van der Waals surface area contributed by atoms with Crippen molar-refractivity contribution >= 4 is 5.82 Å². The zero-order valence-corrected chi connectivity index (χ0v) is 5.70. The standard InChI is InChI=1S/C7H10N2.H2/c1-9(2)7-5-3-4-6-8-7;/h3-6H,1-2H3;1H. The molecule has 0 fully saturated rings. The largest absolute Gasteiger partial charge is 0.363 e. The smallest absolute Gasteiger partial charge is 0.127 e. The first-order valence-corrected chi connectivity index (χ1v) is 2.89. The molecule has 0 unspecified atom stereocenters. The van der Waals surface area contributed by atoms with E-state index in [-0.39, 0.29) is 1.43 Å². The Morgan fingerprint density at radius 2 is 2.22 bits per heavy atom. The van der Waals surface area contributed by atoms with Gasteiger partial charge in [-0.15, -0.1) is 0 Å². The Hall–Kier alpha value is -1.05. The normalized spacial score (nSPS) is 9.11. The highest BCUT2D eigenvalue weighted by Crippen LogP contribution is 2.02. The van der Waals surface area contributed by atoms with Crippen LogP contribution in [0.5, 0.6) is 0 Å². The summed E-state index contributed by atoms with van der Waals surface area (Å²) in [6.45, 7) is 0. The monoisotopic (exact) mass is 124 g/mol. The third-order valence-corrected chi connectivity index (χ3v) is 1.11. The maximum Gasteiger partial charge on any atom is 0.127 e. The van der Waals surface area contributed by atoms with Crippen LogP contribution in [0, 0.1) is 0 Å². The fourth-order valence-electron chi connectivity index (χ4n) is 0.618. The average Bonchev–Trinajstić information content (AvgIpc) is 1.90. The Labute approximate surface area is 56.6 Å². The number of nitrogens with zero attached hydrogens (tertiary/aromatic N) is 2. The third kappa shape index (κ3) is 1.42. The summed E-state index contributed by atoms with van der Waals surface area (Å²) in [5, 5.41) is 0. The van der Waals surface area contributed by atoms with Gasteiger partial charge in [-0.1, -0.05) is 6.07 Å². The summed E-state index contributed by atoms with van der Waals surface area (Å²) in [5.74, 6) is 0.998. The lowest BCUT2D eigenvalue weighted by molar-refractivity contribution is 1.07. The van der Waals surface area contributed by atoms with Crippen LogP contribution in [-0.4, -0.2) is 19.1 Å². The average molecular weight is 124 g/mol. The van der Waals surface area contributed by atoms with E-state index in [9.17, 15) is 0 Å². The van der Waals surface area contributed by atoms with Crippen LogP contribution < -0.4 is 4.90 Å². The van der Waals surface area contributed by atoms with Crippen molar-refractivity contribution in [2.24, 2.45) is 0 Å². The van der Waals surface area contributed by atoms with Crippen LogP contribution in [0.15, 0.2) is 24.4 Å². The lowest BCUT2D eigenvalue weighted by Crippen LogP contribution is -2.09. The predicted molar refractivity (Wildman–Crippen MR) is 40.7 cm³/mol. The second-order valence-electron chi connectivity index (χ2n) is 2.08. The summed E-state index contributed by atoms with van der Waals surface area (Å²) in [6, 6.07) is 5.86. The molecule has 0 amide bonds. The van der Waals surface area contributed by atoms with Gasteiger partial charge in [0.2, 0.25) is 0 Å². The topological polar surface area (TPSA) is 16.1 Å². The Morgan fingerprint density at radius 3 is 2.56 bits per heavy atom. The lowest BCUT2D eigenvalue weighted by atomic mass is 10.4. The van der Waals surface area contributed by atoms with E-state index in [2.05, 4.69) is 4.98 Å². The first-order valence-electron chi connectivity index (χ1n) is 2.89. The molecule has 1 rings (SSSR count). The van der Waals surface area contributed by atoms with Crippen LogP contribution >= 0.6 is 0 Å². The molecule has 0 saturated heterocycles. The third-order valence-electron chi connectivity index (χ3n) is 1.11. The number of aromatic nitrogens is 1. The van der Waals surface area contributed by atoms with Gasteiger partial charge in [-0.05, 0) is 12.1 Å². The van der Waals surface area contributed by atoms with E-state index in [4.69, 9.17) is 0 Å². The first-order chi connectivity index (χ1) is 4.30. The molecule has 1 aromatic rings. The Kier molecular flexibility index (Phi) is 1.68. The molecule has 9 heavy (non-hydrogen) atoms. The van der Waals surface area contributed by atoms with Crippen LogP contribution in [-0.2, 0) is 0 Å². The highest BCUT2D eigenvalue weighted by molar-refractivity contribution is 5.34. The zero-order valence-electron chi connectivity index (χ0n) is 5.70. The van der Waals surface area contributed by atoms with Gasteiger partial charge >= 0.3 is 0 Å². The van der Waals surface area contributed by atoms with E-state index < -0.39 is 0 Å². The molecule has 2 nitrogen and oxygen atoms in total. The van der Waals surface area contributed by atoms with Crippen molar-refractivity contribution in [3.8, 4) is 0 Å². The van der Waals surface area contributed by atoms with Crippen molar-refractivity contribution in [3.05, 3.63) is 24.4 Å². The second-order valence-corrected chi connectivity index (χ2v) is 2.08. The molecule has 0 atom stereocenters. The predicted octanol–water partition coefficient (Wildman–Crippen LogP) is 1.39. The van der Waals surface area contributed by atoms with Gasteiger partial charge < -0.3 is 4.90 Å². The van der Waals surface area contributed by atoms with Crippen LogP contribution in [0.25, 0.3) is 0 Å². The summed E-state index contributed by atoms with van der Waals surface area (Å²) in [7, 11) is 3.95. The molecule has 0 aromatic carbocycles. The van der Waals surface area contributed by atoms with Crippen molar-refractivity contribution in [1.29, 1.82) is 0 Å². The fraction of sp³-hybridized carbons (Fsp3) is 0.286. The molecule has 0 N–H and O–H groups in total. The Bertz CT molecular complexity index is 174. The Balaban J connectivity index is 0.000000810. The molecule has 2 heteroatoms. The summed E-state index contributed by atoms with van der Waals surface area (Å²) < 4.78 is 0. The van der Waals surface area contributed by atoms with Gasteiger partial charge in [0.05, 0.1) is 0 Å². The minimum atomic E-state index is 0. The van der Waals surface area contributed by atoms with E-state index in [0.717, 1.165) is 5.82 Å². The molecular weight excluding hydrogens is 112 g/mol. The van der Waals surface area contributed by atoms with E-state index in [1.807, 2.05) is 37.2 Å². The van der Waals surface area contributed by atoms with Crippen molar-refractivity contribution in [2.45, 2.75) is 0 Å². The molecule has 0 radical (unpaired) electrons. The van der Waals surface area contributed by atoms with Gasteiger partial charge in [0, 0.05) is 21.7 Å². The summed E-state index contributed by atoms with van der Waals surface area (Å²) in [4.78, 5) is 6.08. The molecule has 1 aromatic heterocycles. The lowest BCUT2D eigenvalue weighted by Gasteiger charge is -2.08. The number of hydrogen-bond donors (Lipinski definition) is 0. The van der Waals surface area contributed by atoms with Crippen molar-refractivity contribution in [3.63, 3.8) is 0 Å². The first kappa shape index (κ1) is 6.08. The van der Waals surface area contributed by atoms with Crippen molar-refractivity contribution in [1.82, 2.24) is 4.98 Å². The SMILES string of the molecule is CN(C)c1ccccn1.[HH]. The summed E-state index contributed by atoms with van der Waals surface area (Å²) in [6.07, 6.45) is 1.79. The molecule has 0 bridgehead atoms. The highest BCUT2D eigenvalue weighted by Gasteiger charge is 1.89. The number of anilines is 1. The fourth-order valence-corrected chi connectivity index (χ4v) is 0.618. The molecule has 50 valence electrons. The van der Waals surface area contributed by atoms with Gasteiger partial charge in [-0.2, -0.15) is 0 Å². The van der Waals surface area contributed by atoms with E-state index >= 15 is 0 Å². The molecular formula is C7H12N2. The molecule has 0 aliphatic carbocycles. The molecule has 0 aliphatic heterocycles. The maximum absolute atomic E-state index is 4.10. The zero-order chi connectivity index (χ0) is 6.69. The minimum absolute atomic E-state index is 0. The molecule has 0 aliphatic rings. The molecule has 0 spiro atoms. The van der Waals surface area contributed by atoms with E-state index in [1.54, 1.807) is 6.20 Å². The second kappa shape index (κ2) is 2.49. The summed E-state index contributed by atoms with van der Waals surface area (Å²) in [5.41, 5.74) is 0. The van der Waals surface area contributed by atoms with Crippen LogP contribution in [0.3, 0.4) is 0 Å². The maximum atomic E-state index is 4.10. The van der Waals surface area contributed by atoms with Gasteiger partial charge in [0.25, 0.3) is 0 Å². The highest BCUT2D eigenvalue weighted by atomic mass is 15.1. The van der Waals surface area contributed by atoms with Crippen LogP contribution in [0.1, 0.15) is 1.43 Å². The van der Waals surface area contributed by atoms with E-state index in [0.29, 0.717) is 0 Å². The van der Waals surface area contributed by atoms with Gasteiger partial charge in [0.1, 0.15) is 5.82 Å². The summed E-state index contributed by atoms with van der Waals surface area (Å²) >= 11 is 0. The molecule has 1 heterocycles. The van der Waals surface area contributed by atoms with Gasteiger partial charge in [-0.3, -0.25) is 0 Å². The van der Waals surface area contributed by atoms with Crippen molar-refractivity contribution in [2.75, 3.05) is 19.0 Å². The van der Waals surface area contributed by atoms with Gasteiger partial charge in [0.15, 0.2) is 0 Å².